The summed E-state index contributed by atoms with van der Waals surface area (Å²) in [5.74, 6) is 0.427. The second-order valence-electron chi connectivity index (χ2n) is 4.88. The summed E-state index contributed by atoms with van der Waals surface area (Å²) in [4.78, 5) is 0.233. The van der Waals surface area contributed by atoms with Crippen molar-refractivity contribution in [2.75, 3.05) is 5.73 Å². The van der Waals surface area contributed by atoms with Gasteiger partial charge in [0.1, 0.15) is 4.90 Å². The highest BCUT2D eigenvalue weighted by Gasteiger charge is 2.37. The lowest BCUT2D eigenvalue weighted by Gasteiger charge is -2.13. The molecule has 94 valence electrons. The van der Waals surface area contributed by atoms with Gasteiger partial charge in [-0.05, 0) is 37.3 Å². The number of aryl methyl sites for hydroxylation is 2. The predicted octanol–water partition coefficient (Wildman–Crippen LogP) is 1.57. The molecular formula is C12H18N2O2S. The van der Waals surface area contributed by atoms with Crippen LogP contribution in [0.4, 0.5) is 5.69 Å². The highest BCUT2D eigenvalue weighted by molar-refractivity contribution is 7.89. The SMILES string of the molecule is Cc1ccc(C)c(S(=O)(=O)NC2CC2C)c1N. The van der Waals surface area contributed by atoms with Crippen LogP contribution in [0.1, 0.15) is 24.5 Å². The Morgan fingerprint density at radius 2 is 1.82 bits per heavy atom. The maximum Gasteiger partial charge on any atom is 0.243 e. The van der Waals surface area contributed by atoms with Crippen LogP contribution in [0.2, 0.25) is 0 Å². The number of hydrogen-bond acceptors (Lipinski definition) is 3. The largest absolute Gasteiger partial charge is 0.397 e. The summed E-state index contributed by atoms with van der Waals surface area (Å²) in [5.41, 5.74) is 7.71. The van der Waals surface area contributed by atoms with Crippen molar-refractivity contribution in [1.29, 1.82) is 0 Å². The maximum atomic E-state index is 12.2. The van der Waals surface area contributed by atoms with E-state index in [0.717, 1.165) is 12.0 Å². The molecule has 3 N–H and O–H groups in total. The number of benzene rings is 1. The van der Waals surface area contributed by atoms with Crippen molar-refractivity contribution in [1.82, 2.24) is 4.72 Å². The first-order chi connectivity index (χ1) is 7.83. The van der Waals surface area contributed by atoms with E-state index in [9.17, 15) is 8.42 Å². The molecule has 0 spiro atoms. The van der Waals surface area contributed by atoms with E-state index in [4.69, 9.17) is 5.73 Å². The summed E-state index contributed by atoms with van der Waals surface area (Å²) in [7, 11) is -3.49. The summed E-state index contributed by atoms with van der Waals surface area (Å²) in [6.07, 6.45) is 0.907. The van der Waals surface area contributed by atoms with Crippen LogP contribution in [0, 0.1) is 19.8 Å². The van der Waals surface area contributed by atoms with Crippen molar-refractivity contribution >= 4 is 15.7 Å². The molecule has 0 bridgehead atoms. The van der Waals surface area contributed by atoms with Crippen molar-refractivity contribution in [2.45, 2.75) is 38.1 Å². The number of nitrogens with one attached hydrogen (secondary N) is 1. The van der Waals surface area contributed by atoms with E-state index in [1.54, 1.807) is 13.0 Å². The summed E-state index contributed by atoms with van der Waals surface area (Å²) in [6, 6.07) is 3.69. The first-order valence-corrected chi connectivity index (χ1v) is 7.19. The Bertz CT molecular complexity index is 552. The molecular weight excluding hydrogens is 236 g/mol. The van der Waals surface area contributed by atoms with Crippen LogP contribution in [-0.2, 0) is 10.0 Å². The minimum Gasteiger partial charge on any atom is -0.397 e. The van der Waals surface area contributed by atoms with E-state index >= 15 is 0 Å². The normalized spacial score (nSPS) is 23.7. The lowest BCUT2D eigenvalue weighted by atomic mass is 10.1. The fourth-order valence-electron chi connectivity index (χ4n) is 1.91. The molecule has 5 heteroatoms. The fraction of sp³-hybridized carbons (Fsp3) is 0.500. The Kier molecular flexibility index (Phi) is 2.91. The highest BCUT2D eigenvalue weighted by atomic mass is 32.2. The van der Waals surface area contributed by atoms with Gasteiger partial charge >= 0.3 is 0 Å². The molecule has 0 saturated heterocycles. The van der Waals surface area contributed by atoms with Crippen molar-refractivity contribution in [3.8, 4) is 0 Å². The molecule has 0 aromatic heterocycles. The zero-order chi connectivity index (χ0) is 12.8. The Morgan fingerprint density at radius 3 is 2.35 bits per heavy atom. The lowest BCUT2D eigenvalue weighted by molar-refractivity contribution is 0.578. The third-order valence-corrected chi connectivity index (χ3v) is 4.99. The number of rotatable bonds is 3. The zero-order valence-electron chi connectivity index (χ0n) is 10.3. The average molecular weight is 254 g/mol. The fourth-order valence-corrected chi connectivity index (χ4v) is 3.70. The van der Waals surface area contributed by atoms with E-state index in [2.05, 4.69) is 4.72 Å². The number of anilines is 1. The summed E-state index contributed by atoms with van der Waals surface area (Å²) < 4.78 is 27.2. The second kappa shape index (κ2) is 3.99. The molecule has 1 aromatic rings. The topological polar surface area (TPSA) is 72.2 Å². The highest BCUT2D eigenvalue weighted by Crippen LogP contribution is 2.33. The van der Waals surface area contributed by atoms with Gasteiger partial charge < -0.3 is 5.73 Å². The van der Waals surface area contributed by atoms with E-state index in [0.29, 0.717) is 17.2 Å². The Labute approximate surface area is 102 Å². The van der Waals surface area contributed by atoms with Crippen LogP contribution in [0.25, 0.3) is 0 Å². The van der Waals surface area contributed by atoms with Crippen LogP contribution in [0.5, 0.6) is 0 Å². The minimum atomic E-state index is -3.49. The van der Waals surface area contributed by atoms with Gasteiger partial charge in [0, 0.05) is 6.04 Å². The average Bonchev–Trinajstić information content (AvgIpc) is 2.87. The monoisotopic (exact) mass is 254 g/mol. The van der Waals surface area contributed by atoms with Gasteiger partial charge in [0.25, 0.3) is 0 Å². The van der Waals surface area contributed by atoms with E-state index in [1.807, 2.05) is 19.9 Å². The number of nitrogen functional groups attached to an aromatic ring is 1. The van der Waals surface area contributed by atoms with Crippen molar-refractivity contribution in [3.63, 3.8) is 0 Å². The van der Waals surface area contributed by atoms with E-state index in [-0.39, 0.29) is 10.9 Å². The number of nitrogens with two attached hydrogens (primary N) is 1. The molecule has 2 unspecified atom stereocenters. The van der Waals surface area contributed by atoms with Gasteiger partial charge in [0.15, 0.2) is 0 Å². The van der Waals surface area contributed by atoms with Crippen LogP contribution in [0.3, 0.4) is 0 Å². The lowest BCUT2D eigenvalue weighted by Crippen LogP contribution is -2.28. The van der Waals surface area contributed by atoms with E-state index < -0.39 is 10.0 Å². The van der Waals surface area contributed by atoms with Crippen LogP contribution in [0.15, 0.2) is 17.0 Å². The van der Waals surface area contributed by atoms with Crippen LogP contribution in [-0.4, -0.2) is 14.5 Å². The molecule has 1 aromatic carbocycles. The molecule has 0 aliphatic heterocycles. The number of sulfonamides is 1. The molecule has 1 saturated carbocycles. The quantitative estimate of drug-likeness (QED) is 0.804. The van der Waals surface area contributed by atoms with Gasteiger partial charge in [-0.15, -0.1) is 0 Å². The number of hydrogen-bond donors (Lipinski definition) is 2. The Hall–Kier alpha value is -1.07. The molecule has 0 heterocycles. The molecule has 1 fully saturated rings. The van der Waals surface area contributed by atoms with Gasteiger partial charge in [0.2, 0.25) is 10.0 Å². The van der Waals surface area contributed by atoms with Gasteiger partial charge in [0.05, 0.1) is 5.69 Å². The summed E-state index contributed by atoms with van der Waals surface area (Å²) in [5, 5.41) is 0. The van der Waals surface area contributed by atoms with Crippen LogP contribution >= 0.6 is 0 Å². The van der Waals surface area contributed by atoms with Crippen molar-refractivity contribution < 1.29 is 8.42 Å². The van der Waals surface area contributed by atoms with Crippen LogP contribution < -0.4 is 10.5 Å². The van der Waals surface area contributed by atoms with Crippen molar-refractivity contribution in [2.24, 2.45) is 5.92 Å². The molecule has 2 rings (SSSR count). The molecule has 17 heavy (non-hydrogen) atoms. The van der Waals surface area contributed by atoms with Crippen molar-refractivity contribution in [3.05, 3.63) is 23.3 Å². The minimum absolute atomic E-state index is 0.0688. The summed E-state index contributed by atoms with van der Waals surface area (Å²) in [6.45, 7) is 5.61. The van der Waals surface area contributed by atoms with Gasteiger partial charge in [-0.25, -0.2) is 13.1 Å². The first-order valence-electron chi connectivity index (χ1n) is 5.71. The van der Waals surface area contributed by atoms with Gasteiger partial charge in [-0.2, -0.15) is 0 Å². The first kappa shape index (κ1) is 12.4. The molecule has 0 radical (unpaired) electrons. The van der Waals surface area contributed by atoms with Gasteiger partial charge in [-0.1, -0.05) is 19.1 Å². The Morgan fingerprint density at radius 1 is 1.29 bits per heavy atom. The summed E-state index contributed by atoms with van der Waals surface area (Å²) >= 11 is 0. The molecule has 1 aliphatic rings. The zero-order valence-corrected chi connectivity index (χ0v) is 11.1. The molecule has 0 amide bonds. The Balaban J connectivity index is 2.42. The third kappa shape index (κ3) is 2.30. The van der Waals surface area contributed by atoms with E-state index in [1.165, 1.54) is 0 Å². The standard InChI is InChI=1S/C12H18N2O2S/c1-7-4-5-8(2)12(11(7)13)17(15,16)14-10-6-9(10)3/h4-5,9-10,14H,6,13H2,1-3H3. The van der Waals surface area contributed by atoms with Gasteiger partial charge in [-0.3, -0.25) is 0 Å². The smallest absolute Gasteiger partial charge is 0.243 e. The second-order valence-corrected chi connectivity index (χ2v) is 6.53. The molecule has 2 atom stereocenters. The predicted molar refractivity (Wildman–Crippen MR) is 68.2 cm³/mol. The molecule has 4 nitrogen and oxygen atoms in total. The third-order valence-electron chi connectivity index (χ3n) is 3.30. The molecule has 1 aliphatic carbocycles. The maximum absolute atomic E-state index is 12.2.